The lowest BCUT2D eigenvalue weighted by Gasteiger charge is -2.28. The summed E-state index contributed by atoms with van der Waals surface area (Å²) in [5.41, 5.74) is 17.1. The quantitative estimate of drug-likeness (QED) is 0.173. The zero-order chi connectivity index (χ0) is 41.9. The Morgan fingerprint density at radius 2 is 0.969 bits per heavy atom. The average Bonchev–Trinajstić information content (AvgIpc) is 4.11. The molecule has 0 bridgehead atoms. The molecule has 1 aliphatic heterocycles. The molecule has 0 N–H and O–H groups in total. The van der Waals surface area contributed by atoms with Crippen molar-refractivity contribution in [2.24, 2.45) is 0 Å². The topological polar surface area (TPSA) is 34.5 Å². The van der Waals surface area contributed by atoms with Gasteiger partial charge in [0.15, 0.2) is 0 Å². The standard InChI is InChI=1S/C60H38N2O2/c1-3-15-37(16-4-1)39-31-40(38-17-5-2-6-18-38)33-41(32-39)48-36-50-49-34-42(61-52-23-11-7-19-44(52)45-20-8-12-24-53(45)61)27-29-56(49)63-60(50)58-51-35-43(28-30-57(51)64-59(48)58)62-54-25-13-9-21-46(54)47-22-10-14-26-55(47)62/h1-36,46,54H. The summed E-state index contributed by atoms with van der Waals surface area (Å²) in [4.78, 5) is 2.49. The van der Waals surface area contributed by atoms with Gasteiger partial charge in [-0.1, -0.05) is 140 Å². The highest BCUT2D eigenvalue weighted by atomic mass is 16.3. The molecule has 2 unspecified atom stereocenters. The van der Waals surface area contributed by atoms with Crippen LogP contribution in [0, 0.1) is 0 Å². The molecule has 4 heterocycles. The van der Waals surface area contributed by atoms with Crippen molar-refractivity contribution in [1.82, 2.24) is 4.57 Å². The molecule has 2 aliphatic rings. The minimum absolute atomic E-state index is 0.177. The lowest BCUT2D eigenvalue weighted by molar-refractivity contribution is 0.663. The number of nitrogens with zero attached hydrogens (tertiary/aromatic N) is 2. The summed E-state index contributed by atoms with van der Waals surface area (Å²) >= 11 is 0. The first-order chi connectivity index (χ1) is 31.7. The van der Waals surface area contributed by atoms with Crippen LogP contribution in [0.3, 0.4) is 0 Å². The average molecular weight is 819 g/mol. The Balaban J connectivity index is 1.06. The monoisotopic (exact) mass is 818 g/mol. The number of aromatic nitrogens is 1. The van der Waals surface area contributed by atoms with Crippen LogP contribution in [0.2, 0.25) is 0 Å². The molecule has 2 atom stereocenters. The Kier molecular flexibility index (Phi) is 7.48. The Labute approximate surface area is 368 Å². The normalized spacial score (nSPS) is 15.7. The van der Waals surface area contributed by atoms with E-state index in [2.05, 4.69) is 228 Å². The number of hydrogen-bond donors (Lipinski definition) is 0. The zero-order valence-electron chi connectivity index (χ0n) is 34.7. The van der Waals surface area contributed by atoms with E-state index in [-0.39, 0.29) is 12.0 Å². The van der Waals surface area contributed by atoms with Crippen molar-refractivity contribution in [3.8, 4) is 39.1 Å². The van der Waals surface area contributed by atoms with E-state index in [0.717, 1.165) is 88.6 Å². The van der Waals surface area contributed by atoms with Crippen LogP contribution in [0.15, 0.2) is 227 Å². The molecule has 300 valence electrons. The van der Waals surface area contributed by atoms with Crippen LogP contribution in [0.4, 0.5) is 11.4 Å². The van der Waals surface area contributed by atoms with Gasteiger partial charge in [-0.2, -0.15) is 0 Å². The van der Waals surface area contributed by atoms with Gasteiger partial charge in [-0.15, -0.1) is 0 Å². The first kappa shape index (κ1) is 35.3. The number of hydrogen-bond acceptors (Lipinski definition) is 3. The minimum Gasteiger partial charge on any atom is -0.455 e. The van der Waals surface area contributed by atoms with Gasteiger partial charge in [0, 0.05) is 55.5 Å². The second-order valence-corrected chi connectivity index (χ2v) is 17.2. The molecule has 0 fully saturated rings. The van der Waals surface area contributed by atoms with E-state index in [1.165, 1.54) is 33.1 Å². The van der Waals surface area contributed by atoms with E-state index in [4.69, 9.17) is 8.83 Å². The predicted molar refractivity (Wildman–Crippen MR) is 265 cm³/mol. The fourth-order valence-electron chi connectivity index (χ4n) is 10.8. The minimum atomic E-state index is 0.177. The maximum Gasteiger partial charge on any atom is 0.147 e. The zero-order valence-corrected chi connectivity index (χ0v) is 34.7. The number of rotatable bonds is 5. The van der Waals surface area contributed by atoms with Crippen LogP contribution in [-0.2, 0) is 0 Å². The van der Waals surface area contributed by atoms with Gasteiger partial charge in [0.25, 0.3) is 0 Å². The second-order valence-electron chi connectivity index (χ2n) is 17.2. The van der Waals surface area contributed by atoms with E-state index in [1.807, 2.05) is 0 Å². The SMILES string of the molecule is C1=CC2c3ccccc3N(c3ccc4oc5c(-c6cc(-c7ccccc7)cc(-c7ccccc7)c6)cc6c7cc(-n8c9ccccc9c9ccccc98)ccc7oc6c5c4c3)C2C=C1. The molecule has 3 aromatic heterocycles. The molecular formula is C60H38N2O2. The Morgan fingerprint density at radius 3 is 1.70 bits per heavy atom. The van der Waals surface area contributed by atoms with Crippen molar-refractivity contribution >= 4 is 77.1 Å². The van der Waals surface area contributed by atoms with Crippen molar-refractivity contribution in [3.05, 3.63) is 224 Å². The van der Waals surface area contributed by atoms with Crippen LogP contribution in [0.5, 0.6) is 0 Å². The predicted octanol–water partition coefficient (Wildman–Crippen LogP) is 16.3. The van der Waals surface area contributed by atoms with Crippen LogP contribution in [0.25, 0.3) is 105 Å². The first-order valence-corrected chi connectivity index (χ1v) is 22.1. The second kappa shape index (κ2) is 13.6. The van der Waals surface area contributed by atoms with Crippen LogP contribution < -0.4 is 4.90 Å². The van der Waals surface area contributed by atoms with E-state index in [1.54, 1.807) is 0 Å². The van der Waals surface area contributed by atoms with Gasteiger partial charge < -0.3 is 18.3 Å². The van der Waals surface area contributed by atoms with Crippen molar-refractivity contribution in [2.45, 2.75) is 12.0 Å². The Hall–Kier alpha value is -8.34. The Morgan fingerprint density at radius 1 is 0.391 bits per heavy atom. The molecule has 14 rings (SSSR count). The third kappa shape index (κ3) is 5.17. The molecule has 64 heavy (non-hydrogen) atoms. The molecule has 0 spiro atoms. The third-order valence-electron chi connectivity index (χ3n) is 13.7. The molecule has 4 heteroatoms. The molecule has 0 amide bonds. The van der Waals surface area contributed by atoms with E-state index in [0.29, 0.717) is 0 Å². The number of fused-ring (bicyclic) bond motifs is 13. The molecule has 0 saturated heterocycles. The molecule has 0 saturated carbocycles. The van der Waals surface area contributed by atoms with Crippen molar-refractivity contribution in [1.29, 1.82) is 0 Å². The van der Waals surface area contributed by atoms with Crippen LogP contribution in [0.1, 0.15) is 11.5 Å². The van der Waals surface area contributed by atoms with Gasteiger partial charge in [-0.25, -0.2) is 0 Å². The molecule has 9 aromatic carbocycles. The van der Waals surface area contributed by atoms with E-state index in [9.17, 15) is 0 Å². The van der Waals surface area contributed by atoms with E-state index >= 15 is 0 Å². The summed E-state index contributed by atoms with van der Waals surface area (Å²) in [5, 5.41) is 6.58. The van der Waals surface area contributed by atoms with Gasteiger partial charge in [0.05, 0.1) is 22.5 Å². The smallest absolute Gasteiger partial charge is 0.147 e. The number of anilines is 2. The van der Waals surface area contributed by atoms with Gasteiger partial charge >= 0.3 is 0 Å². The van der Waals surface area contributed by atoms with Crippen LogP contribution in [-0.4, -0.2) is 10.6 Å². The summed E-state index contributed by atoms with van der Waals surface area (Å²) in [6.45, 7) is 0. The number of furan rings is 2. The highest BCUT2D eigenvalue weighted by Crippen LogP contribution is 2.51. The maximum atomic E-state index is 7.10. The lowest BCUT2D eigenvalue weighted by Crippen LogP contribution is -2.28. The molecular weight excluding hydrogens is 781 g/mol. The summed E-state index contributed by atoms with van der Waals surface area (Å²) < 4.78 is 16.5. The largest absolute Gasteiger partial charge is 0.455 e. The highest BCUT2D eigenvalue weighted by Gasteiger charge is 2.37. The molecule has 0 radical (unpaired) electrons. The van der Waals surface area contributed by atoms with Gasteiger partial charge in [-0.05, 0) is 112 Å². The lowest BCUT2D eigenvalue weighted by atomic mass is 9.91. The fraction of sp³-hybridized carbons (Fsp3) is 0.0333. The summed E-state index contributed by atoms with van der Waals surface area (Å²) in [5.74, 6) is 0.283. The molecule has 1 aliphatic carbocycles. The van der Waals surface area contributed by atoms with Gasteiger partial charge in [0.2, 0.25) is 0 Å². The van der Waals surface area contributed by atoms with Crippen molar-refractivity contribution < 1.29 is 8.83 Å². The molecule has 4 nitrogen and oxygen atoms in total. The summed E-state index contributed by atoms with van der Waals surface area (Å²) in [7, 11) is 0. The number of benzene rings is 9. The third-order valence-corrected chi connectivity index (χ3v) is 13.7. The van der Waals surface area contributed by atoms with Crippen molar-refractivity contribution in [3.63, 3.8) is 0 Å². The summed E-state index contributed by atoms with van der Waals surface area (Å²) in [6.07, 6.45) is 9.02. The fourth-order valence-corrected chi connectivity index (χ4v) is 10.8. The first-order valence-electron chi connectivity index (χ1n) is 22.1. The molecule has 12 aromatic rings. The number of allylic oxidation sites excluding steroid dienone is 2. The van der Waals surface area contributed by atoms with Crippen LogP contribution >= 0.6 is 0 Å². The Bertz CT molecular complexity index is 3810. The van der Waals surface area contributed by atoms with Gasteiger partial charge in [0.1, 0.15) is 22.3 Å². The van der Waals surface area contributed by atoms with Gasteiger partial charge in [-0.3, -0.25) is 0 Å². The van der Waals surface area contributed by atoms with Crippen molar-refractivity contribution in [2.75, 3.05) is 4.90 Å². The summed E-state index contributed by atoms with van der Waals surface area (Å²) in [6, 6.07) is 70.3. The highest BCUT2D eigenvalue weighted by molar-refractivity contribution is 6.26. The maximum absolute atomic E-state index is 7.10. The number of para-hydroxylation sites is 3. The van der Waals surface area contributed by atoms with E-state index < -0.39 is 0 Å².